The largest absolute Gasteiger partial charge is 0.489 e. The minimum atomic E-state index is 0.461. The highest BCUT2D eigenvalue weighted by Gasteiger charge is 1.99. The molecule has 0 atom stereocenters. The van der Waals surface area contributed by atoms with E-state index in [4.69, 9.17) is 16.3 Å². The van der Waals surface area contributed by atoms with Gasteiger partial charge in [-0.25, -0.2) is 4.98 Å². The Morgan fingerprint density at radius 1 is 1.05 bits per heavy atom. The lowest BCUT2D eigenvalue weighted by atomic mass is 10.2. The molecule has 1 aromatic carbocycles. The van der Waals surface area contributed by atoms with E-state index >= 15 is 0 Å². The van der Waals surface area contributed by atoms with Crippen LogP contribution in [-0.4, -0.2) is 9.97 Å². The van der Waals surface area contributed by atoms with Crippen molar-refractivity contribution in [3.63, 3.8) is 0 Å². The average Bonchev–Trinajstić information content (AvgIpc) is 2.46. The molecule has 94 valence electrons. The van der Waals surface area contributed by atoms with Gasteiger partial charge in [0.1, 0.15) is 17.5 Å². The van der Waals surface area contributed by atoms with Crippen LogP contribution in [0.25, 0.3) is 10.9 Å². The van der Waals surface area contributed by atoms with Crippen LogP contribution < -0.4 is 4.74 Å². The van der Waals surface area contributed by atoms with E-state index in [9.17, 15) is 0 Å². The molecular formula is C15H11ClN2O. The van der Waals surface area contributed by atoms with Crippen LogP contribution in [0.4, 0.5) is 0 Å². The molecule has 0 saturated carbocycles. The fourth-order valence-corrected chi connectivity index (χ4v) is 1.91. The first-order chi connectivity index (χ1) is 9.31. The first-order valence-corrected chi connectivity index (χ1v) is 6.27. The number of aromatic nitrogens is 2. The molecule has 4 heteroatoms. The second-order valence-electron chi connectivity index (χ2n) is 4.14. The van der Waals surface area contributed by atoms with Gasteiger partial charge in [0, 0.05) is 29.4 Å². The minimum Gasteiger partial charge on any atom is -0.489 e. The van der Waals surface area contributed by atoms with Gasteiger partial charge >= 0.3 is 0 Å². The van der Waals surface area contributed by atoms with E-state index < -0.39 is 0 Å². The van der Waals surface area contributed by atoms with Gasteiger partial charge in [-0.15, -0.1) is 0 Å². The topological polar surface area (TPSA) is 35.0 Å². The van der Waals surface area contributed by atoms with Crippen LogP contribution in [0, 0.1) is 0 Å². The van der Waals surface area contributed by atoms with Crippen LogP contribution in [0.1, 0.15) is 5.56 Å². The Hall–Kier alpha value is -2.13. The zero-order valence-electron chi connectivity index (χ0n) is 10.1. The van der Waals surface area contributed by atoms with Gasteiger partial charge in [0.15, 0.2) is 0 Å². The van der Waals surface area contributed by atoms with Crippen molar-refractivity contribution in [1.82, 2.24) is 9.97 Å². The van der Waals surface area contributed by atoms with Crippen molar-refractivity contribution in [2.24, 2.45) is 0 Å². The maximum absolute atomic E-state index is 5.73. The second kappa shape index (κ2) is 5.24. The summed E-state index contributed by atoms with van der Waals surface area (Å²) in [5, 5.41) is 1.58. The third kappa shape index (κ3) is 2.83. The van der Waals surface area contributed by atoms with Crippen molar-refractivity contribution >= 4 is 22.5 Å². The fraction of sp³-hybridized carbons (Fsp3) is 0.0667. The zero-order chi connectivity index (χ0) is 13.1. The standard InChI is InChI=1S/C15H11ClN2O/c16-15-6-3-11(9-18-15)10-19-13-5-4-12-2-1-7-17-14(12)8-13/h1-9H,10H2. The molecule has 0 N–H and O–H groups in total. The summed E-state index contributed by atoms with van der Waals surface area (Å²) in [5.41, 5.74) is 1.90. The van der Waals surface area contributed by atoms with Crippen molar-refractivity contribution in [1.29, 1.82) is 0 Å². The Morgan fingerprint density at radius 3 is 2.84 bits per heavy atom. The molecule has 19 heavy (non-hydrogen) atoms. The highest BCUT2D eigenvalue weighted by Crippen LogP contribution is 2.19. The van der Waals surface area contributed by atoms with Crippen molar-refractivity contribution in [2.45, 2.75) is 6.61 Å². The molecule has 0 fully saturated rings. The lowest BCUT2D eigenvalue weighted by Gasteiger charge is -2.06. The van der Waals surface area contributed by atoms with Crippen LogP contribution in [0.5, 0.6) is 5.75 Å². The molecule has 2 heterocycles. The van der Waals surface area contributed by atoms with Crippen molar-refractivity contribution in [3.8, 4) is 5.75 Å². The quantitative estimate of drug-likeness (QED) is 0.678. The lowest BCUT2D eigenvalue weighted by Crippen LogP contribution is -1.96. The van der Waals surface area contributed by atoms with Gasteiger partial charge in [0.2, 0.25) is 0 Å². The molecular weight excluding hydrogens is 260 g/mol. The van der Waals surface area contributed by atoms with E-state index in [1.807, 2.05) is 36.4 Å². The van der Waals surface area contributed by atoms with Crippen LogP contribution >= 0.6 is 11.6 Å². The number of halogens is 1. The third-order valence-electron chi connectivity index (χ3n) is 2.77. The van der Waals surface area contributed by atoms with Crippen molar-refractivity contribution < 1.29 is 4.74 Å². The van der Waals surface area contributed by atoms with Gasteiger partial charge < -0.3 is 4.74 Å². The fourth-order valence-electron chi connectivity index (χ4n) is 1.79. The molecule has 3 rings (SSSR count). The number of benzene rings is 1. The number of pyridine rings is 2. The molecule has 0 bridgehead atoms. The third-order valence-corrected chi connectivity index (χ3v) is 3.00. The molecule has 0 spiro atoms. The molecule has 0 aliphatic rings. The normalized spacial score (nSPS) is 10.6. The van der Waals surface area contributed by atoms with Gasteiger partial charge in [-0.1, -0.05) is 23.7 Å². The Kier molecular flexibility index (Phi) is 3.29. The van der Waals surface area contributed by atoms with Crippen LogP contribution in [-0.2, 0) is 6.61 Å². The first kappa shape index (κ1) is 11.9. The Labute approximate surface area is 115 Å². The van der Waals surface area contributed by atoms with E-state index in [2.05, 4.69) is 9.97 Å². The lowest BCUT2D eigenvalue weighted by molar-refractivity contribution is 0.306. The number of nitrogens with zero attached hydrogens (tertiary/aromatic N) is 2. The summed E-state index contributed by atoms with van der Waals surface area (Å²) < 4.78 is 5.72. The number of ether oxygens (including phenoxy) is 1. The van der Waals surface area contributed by atoms with Gasteiger partial charge in [-0.2, -0.15) is 0 Å². The molecule has 3 nitrogen and oxygen atoms in total. The summed E-state index contributed by atoms with van der Waals surface area (Å²) in [4.78, 5) is 8.31. The van der Waals surface area contributed by atoms with Gasteiger partial charge in [0.25, 0.3) is 0 Å². The predicted molar refractivity (Wildman–Crippen MR) is 75.3 cm³/mol. The molecule has 2 aromatic heterocycles. The van der Waals surface area contributed by atoms with E-state index in [1.165, 1.54) is 0 Å². The van der Waals surface area contributed by atoms with Gasteiger partial charge in [-0.3, -0.25) is 4.98 Å². The highest BCUT2D eigenvalue weighted by atomic mass is 35.5. The molecule has 0 aliphatic carbocycles. The van der Waals surface area contributed by atoms with Gasteiger partial charge in [-0.05, 0) is 24.3 Å². The molecule has 0 saturated heterocycles. The molecule has 0 aliphatic heterocycles. The number of rotatable bonds is 3. The Morgan fingerprint density at radius 2 is 2.00 bits per heavy atom. The maximum Gasteiger partial charge on any atom is 0.129 e. The summed E-state index contributed by atoms with van der Waals surface area (Å²) in [6.07, 6.45) is 3.48. The van der Waals surface area contributed by atoms with E-state index in [0.29, 0.717) is 11.8 Å². The molecule has 3 aromatic rings. The summed E-state index contributed by atoms with van der Waals surface area (Å²) in [7, 11) is 0. The monoisotopic (exact) mass is 270 g/mol. The smallest absolute Gasteiger partial charge is 0.129 e. The maximum atomic E-state index is 5.73. The van der Waals surface area contributed by atoms with E-state index in [0.717, 1.165) is 22.2 Å². The van der Waals surface area contributed by atoms with E-state index in [1.54, 1.807) is 18.5 Å². The first-order valence-electron chi connectivity index (χ1n) is 5.89. The van der Waals surface area contributed by atoms with Crippen molar-refractivity contribution in [3.05, 3.63) is 65.6 Å². The minimum absolute atomic E-state index is 0.461. The molecule has 0 radical (unpaired) electrons. The predicted octanol–water partition coefficient (Wildman–Crippen LogP) is 3.86. The number of hydrogen-bond donors (Lipinski definition) is 0. The second-order valence-corrected chi connectivity index (χ2v) is 4.52. The van der Waals surface area contributed by atoms with Crippen LogP contribution in [0.2, 0.25) is 5.15 Å². The highest BCUT2D eigenvalue weighted by molar-refractivity contribution is 6.29. The zero-order valence-corrected chi connectivity index (χ0v) is 10.8. The number of hydrogen-bond acceptors (Lipinski definition) is 3. The molecule has 0 amide bonds. The van der Waals surface area contributed by atoms with Gasteiger partial charge in [0.05, 0.1) is 5.52 Å². The van der Waals surface area contributed by atoms with Crippen molar-refractivity contribution in [2.75, 3.05) is 0 Å². The Bertz CT molecular complexity index is 698. The number of fused-ring (bicyclic) bond motifs is 1. The summed E-state index contributed by atoms with van der Waals surface area (Å²) in [5.74, 6) is 0.793. The summed E-state index contributed by atoms with van der Waals surface area (Å²) >= 11 is 5.73. The Balaban J connectivity index is 1.76. The molecule has 0 unspecified atom stereocenters. The summed E-state index contributed by atoms with van der Waals surface area (Å²) in [6, 6.07) is 13.5. The van der Waals surface area contributed by atoms with Crippen LogP contribution in [0.3, 0.4) is 0 Å². The average molecular weight is 271 g/mol. The summed E-state index contributed by atoms with van der Waals surface area (Å²) in [6.45, 7) is 0.461. The SMILES string of the molecule is Clc1ccc(COc2ccc3cccnc3c2)cn1. The van der Waals surface area contributed by atoms with E-state index in [-0.39, 0.29) is 0 Å². The van der Waals surface area contributed by atoms with Crippen LogP contribution in [0.15, 0.2) is 54.9 Å².